The van der Waals surface area contributed by atoms with Crippen molar-refractivity contribution in [1.82, 2.24) is 4.98 Å². The van der Waals surface area contributed by atoms with Gasteiger partial charge in [0, 0.05) is 22.2 Å². The van der Waals surface area contributed by atoms with E-state index in [1.165, 1.54) is 0 Å². The average Bonchev–Trinajstić information content (AvgIpc) is 2.41. The van der Waals surface area contributed by atoms with E-state index in [1.54, 1.807) is 25.1 Å². The highest BCUT2D eigenvalue weighted by atomic mass is 79.9. The molecule has 0 spiro atoms. The van der Waals surface area contributed by atoms with Crippen LogP contribution in [0.3, 0.4) is 0 Å². The van der Waals surface area contributed by atoms with Gasteiger partial charge in [0.05, 0.1) is 4.47 Å². The van der Waals surface area contributed by atoms with E-state index in [0.29, 0.717) is 26.9 Å². The molecule has 1 heterocycles. The van der Waals surface area contributed by atoms with Crippen LogP contribution in [0, 0.1) is 24.1 Å². The zero-order valence-corrected chi connectivity index (χ0v) is 13.6. The quantitative estimate of drug-likeness (QED) is 0.775. The van der Waals surface area contributed by atoms with Crippen LogP contribution in [0.15, 0.2) is 27.5 Å². The summed E-state index contributed by atoms with van der Waals surface area (Å²) in [7, 11) is 0. The lowest BCUT2D eigenvalue weighted by molar-refractivity contribution is 0.611. The number of aromatic nitrogens is 1. The second kappa shape index (κ2) is 5.90. The summed E-state index contributed by atoms with van der Waals surface area (Å²) in [5.41, 5.74) is 1.52. The highest BCUT2D eigenvalue weighted by Gasteiger charge is 2.17. The lowest BCUT2D eigenvalue weighted by Crippen LogP contribution is -2.13. The molecule has 0 unspecified atom stereocenters. The monoisotopic (exact) mass is 398 g/mol. The van der Waals surface area contributed by atoms with E-state index in [0.717, 1.165) is 0 Å². The van der Waals surface area contributed by atoms with Gasteiger partial charge in [-0.05, 0) is 40.5 Å². The number of hydrogen-bond donors (Lipinski definition) is 1. The Morgan fingerprint density at radius 3 is 2.70 bits per heavy atom. The van der Waals surface area contributed by atoms with Gasteiger partial charge in [-0.15, -0.1) is 0 Å². The van der Waals surface area contributed by atoms with Crippen molar-refractivity contribution >= 4 is 31.9 Å². The van der Waals surface area contributed by atoms with Gasteiger partial charge in [-0.3, -0.25) is 4.79 Å². The maximum atomic E-state index is 14.1. The number of nitrogens with one attached hydrogen (secondary N) is 1. The summed E-state index contributed by atoms with van der Waals surface area (Å²) in [5, 5.41) is 9.44. The van der Waals surface area contributed by atoms with Gasteiger partial charge in [-0.25, -0.2) is 4.39 Å². The summed E-state index contributed by atoms with van der Waals surface area (Å²) in [5.74, 6) is -0.402. The predicted octanol–water partition coefficient (Wildman–Crippen LogP) is 4.02. The maximum absolute atomic E-state index is 14.1. The maximum Gasteiger partial charge on any atom is 0.266 e. The molecule has 0 bridgehead atoms. The van der Waals surface area contributed by atoms with Crippen LogP contribution in [0.4, 0.5) is 4.39 Å². The van der Waals surface area contributed by atoms with Crippen molar-refractivity contribution in [3.63, 3.8) is 0 Å². The predicted molar refractivity (Wildman–Crippen MR) is 82.2 cm³/mol. The van der Waals surface area contributed by atoms with Gasteiger partial charge >= 0.3 is 0 Å². The van der Waals surface area contributed by atoms with Gasteiger partial charge in [0.25, 0.3) is 5.56 Å². The molecule has 0 aliphatic heterocycles. The van der Waals surface area contributed by atoms with Crippen LogP contribution in [0.2, 0.25) is 0 Å². The Hall–Kier alpha value is -1.45. The smallest absolute Gasteiger partial charge is 0.266 e. The third kappa shape index (κ3) is 2.56. The molecule has 20 heavy (non-hydrogen) atoms. The Kier molecular flexibility index (Phi) is 4.41. The molecule has 0 amide bonds. The van der Waals surface area contributed by atoms with Gasteiger partial charge in [0.1, 0.15) is 17.4 Å². The first-order chi connectivity index (χ1) is 9.49. The number of aryl methyl sites for hydroxylation is 1. The van der Waals surface area contributed by atoms with Crippen molar-refractivity contribution in [3.05, 3.63) is 55.7 Å². The second-order valence-electron chi connectivity index (χ2n) is 4.20. The van der Waals surface area contributed by atoms with Crippen molar-refractivity contribution in [2.45, 2.75) is 12.3 Å². The minimum absolute atomic E-state index is 0.0143. The Morgan fingerprint density at radius 2 is 2.10 bits per heavy atom. The van der Waals surface area contributed by atoms with Crippen LogP contribution in [0.25, 0.3) is 11.1 Å². The molecule has 2 rings (SSSR count). The molecule has 0 aliphatic carbocycles. The van der Waals surface area contributed by atoms with E-state index in [9.17, 15) is 9.18 Å². The molecule has 0 fully saturated rings. The van der Waals surface area contributed by atoms with Crippen LogP contribution in [0.1, 0.15) is 16.8 Å². The van der Waals surface area contributed by atoms with Gasteiger partial charge < -0.3 is 4.98 Å². The van der Waals surface area contributed by atoms with E-state index in [-0.39, 0.29) is 10.9 Å². The minimum atomic E-state index is -0.466. The van der Waals surface area contributed by atoms with Gasteiger partial charge in [-0.1, -0.05) is 22.0 Å². The third-order valence-electron chi connectivity index (χ3n) is 2.90. The van der Waals surface area contributed by atoms with Gasteiger partial charge in [0.15, 0.2) is 0 Å². The molecular formula is C14H9Br2FN2O. The molecule has 102 valence electrons. The van der Waals surface area contributed by atoms with E-state index in [1.807, 2.05) is 6.07 Å². The number of H-pyrrole nitrogens is 1. The highest BCUT2D eigenvalue weighted by molar-refractivity contribution is 9.10. The first-order valence-corrected chi connectivity index (χ1v) is 7.58. The molecule has 1 N–H and O–H groups in total. The number of aromatic amines is 1. The molecule has 1 aromatic heterocycles. The topological polar surface area (TPSA) is 56.6 Å². The molecule has 0 saturated carbocycles. The number of nitriles is 1. The van der Waals surface area contributed by atoms with Crippen LogP contribution in [-0.2, 0) is 5.33 Å². The zero-order valence-electron chi connectivity index (χ0n) is 10.4. The third-order valence-corrected chi connectivity index (χ3v) is 4.07. The standard InChI is InChI=1S/C14H9Br2FN2O/c1-7-4-9(11(6-18)14(20)19-7)8-2-3-12(16)13(17)10(8)5-15/h2-4H,5H2,1H3,(H,19,20). The first kappa shape index (κ1) is 14.9. The van der Waals surface area contributed by atoms with E-state index in [4.69, 9.17) is 5.26 Å². The van der Waals surface area contributed by atoms with Crippen LogP contribution in [0.5, 0.6) is 0 Å². The number of halogens is 3. The van der Waals surface area contributed by atoms with Gasteiger partial charge in [0.2, 0.25) is 0 Å². The summed E-state index contributed by atoms with van der Waals surface area (Å²) >= 11 is 6.37. The van der Waals surface area contributed by atoms with Crippen molar-refractivity contribution in [1.29, 1.82) is 5.26 Å². The van der Waals surface area contributed by atoms with Crippen molar-refractivity contribution in [2.75, 3.05) is 0 Å². The fourth-order valence-corrected chi connectivity index (χ4v) is 2.91. The summed E-state index contributed by atoms with van der Waals surface area (Å²) in [6.07, 6.45) is 0. The van der Waals surface area contributed by atoms with Crippen molar-refractivity contribution in [2.24, 2.45) is 0 Å². The molecule has 1 aromatic carbocycles. The summed E-state index contributed by atoms with van der Waals surface area (Å²) in [4.78, 5) is 14.4. The molecule has 6 heteroatoms. The van der Waals surface area contributed by atoms with Gasteiger partial charge in [-0.2, -0.15) is 5.26 Å². The molecule has 3 nitrogen and oxygen atoms in total. The van der Waals surface area contributed by atoms with E-state index < -0.39 is 11.4 Å². The first-order valence-electron chi connectivity index (χ1n) is 5.66. The number of alkyl halides is 1. The number of hydrogen-bond acceptors (Lipinski definition) is 2. The lowest BCUT2D eigenvalue weighted by Gasteiger charge is -2.11. The Balaban J connectivity index is 2.86. The largest absolute Gasteiger partial charge is 0.325 e. The number of benzene rings is 1. The summed E-state index contributed by atoms with van der Waals surface area (Å²) < 4.78 is 14.5. The Bertz CT molecular complexity index is 778. The average molecular weight is 400 g/mol. The zero-order chi connectivity index (χ0) is 14.9. The summed E-state index contributed by atoms with van der Waals surface area (Å²) in [6, 6.07) is 6.81. The number of nitrogens with zero attached hydrogens (tertiary/aromatic N) is 1. The van der Waals surface area contributed by atoms with Crippen molar-refractivity contribution in [3.8, 4) is 17.2 Å². The van der Waals surface area contributed by atoms with Crippen molar-refractivity contribution < 1.29 is 4.39 Å². The highest BCUT2D eigenvalue weighted by Crippen LogP contribution is 2.32. The summed E-state index contributed by atoms with van der Waals surface area (Å²) in [6.45, 7) is 1.72. The van der Waals surface area contributed by atoms with Crippen LogP contribution in [-0.4, -0.2) is 4.98 Å². The molecule has 0 atom stereocenters. The Labute approximate surface area is 131 Å². The van der Waals surface area contributed by atoms with Crippen LogP contribution >= 0.6 is 31.9 Å². The number of pyridine rings is 1. The molecular weight excluding hydrogens is 391 g/mol. The normalized spacial score (nSPS) is 10.3. The van der Waals surface area contributed by atoms with E-state index >= 15 is 0 Å². The second-order valence-corrected chi connectivity index (χ2v) is 5.62. The lowest BCUT2D eigenvalue weighted by atomic mass is 9.97. The molecule has 0 aliphatic rings. The van der Waals surface area contributed by atoms with Crippen LogP contribution < -0.4 is 5.56 Å². The SMILES string of the molecule is Cc1cc(-c2ccc(Br)c(F)c2CBr)c(C#N)c(=O)[nH]1. The van der Waals surface area contributed by atoms with E-state index in [2.05, 4.69) is 36.8 Å². The molecule has 0 radical (unpaired) electrons. The fraction of sp³-hybridized carbons (Fsp3) is 0.143. The Morgan fingerprint density at radius 1 is 1.40 bits per heavy atom. The number of rotatable bonds is 2. The molecule has 0 saturated heterocycles. The minimum Gasteiger partial charge on any atom is -0.325 e. The molecule has 2 aromatic rings. The fourth-order valence-electron chi connectivity index (χ4n) is 1.99.